The van der Waals surface area contributed by atoms with Crippen molar-refractivity contribution < 1.29 is 28.5 Å². The van der Waals surface area contributed by atoms with E-state index in [2.05, 4.69) is 5.32 Å². The molecule has 3 heterocycles. The normalized spacial score (nSPS) is 18.8. The standard InChI is InChI=1S/C30H30N2O6/c1-3-35-25-14-19-11-12-32-28(22(19)15-26(25)36-4-2)27(20-7-5-6-8-21(20)30(32)34)29(33)31-16-18-9-10-23-24(13-18)38-17-37-23/h5-10,13-15,27-28H,3-4,11-12,16-17H2,1-2H3,(H,31,33)/t27-,28+/m1/s1. The van der Waals surface area contributed by atoms with E-state index in [-0.39, 0.29) is 18.6 Å². The van der Waals surface area contributed by atoms with Crippen LogP contribution in [0.15, 0.2) is 54.6 Å². The van der Waals surface area contributed by atoms with Crippen LogP contribution >= 0.6 is 0 Å². The van der Waals surface area contributed by atoms with Gasteiger partial charge in [-0.1, -0.05) is 24.3 Å². The van der Waals surface area contributed by atoms with Gasteiger partial charge in [0.1, 0.15) is 0 Å². The molecule has 0 bridgehead atoms. The molecule has 8 nitrogen and oxygen atoms in total. The maximum Gasteiger partial charge on any atom is 0.254 e. The van der Waals surface area contributed by atoms with Gasteiger partial charge in [-0.05, 0) is 72.9 Å². The molecule has 0 unspecified atom stereocenters. The van der Waals surface area contributed by atoms with Gasteiger partial charge < -0.3 is 29.2 Å². The molecule has 3 aromatic carbocycles. The number of nitrogens with one attached hydrogen (secondary N) is 1. The zero-order chi connectivity index (χ0) is 26.2. The van der Waals surface area contributed by atoms with E-state index in [0.29, 0.717) is 61.3 Å². The summed E-state index contributed by atoms with van der Waals surface area (Å²) in [7, 11) is 0. The molecular formula is C30H30N2O6. The third-order valence-corrected chi connectivity index (χ3v) is 7.37. The smallest absolute Gasteiger partial charge is 0.254 e. The monoisotopic (exact) mass is 514 g/mol. The first kappa shape index (κ1) is 24.2. The van der Waals surface area contributed by atoms with Gasteiger partial charge in [-0.3, -0.25) is 9.59 Å². The Morgan fingerprint density at radius 3 is 2.55 bits per heavy atom. The predicted molar refractivity (Wildman–Crippen MR) is 140 cm³/mol. The maximum atomic E-state index is 14.0. The van der Waals surface area contributed by atoms with Crippen LogP contribution in [0.25, 0.3) is 0 Å². The van der Waals surface area contributed by atoms with Crippen molar-refractivity contribution >= 4 is 11.8 Å². The van der Waals surface area contributed by atoms with Crippen LogP contribution in [-0.2, 0) is 17.8 Å². The topological polar surface area (TPSA) is 86.3 Å². The summed E-state index contributed by atoms with van der Waals surface area (Å²) in [5.41, 5.74) is 4.21. The molecular weight excluding hydrogens is 484 g/mol. The largest absolute Gasteiger partial charge is 0.490 e. The molecule has 8 heteroatoms. The summed E-state index contributed by atoms with van der Waals surface area (Å²) in [5.74, 6) is 1.91. The van der Waals surface area contributed by atoms with Gasteiger partial charge >= 0.3 is 0 Å². The second kappa shape index (κ2) is 9.93. The van der Waals surface area contributed by atoms with E-state index in [4.69, 9.17) is 18.9 Å². The van der Waals surface area contributed by atoms with Crippen LogP contribution in [0.1, 0.15) is 58.4 Å². The summed E-state index contributed by atoms with van der Waals surface area (Å²) in [4.78, 5) is 29.4. The number of hydrogen-bond acceptors (Lipinski definition) is 6. The average molecular weight is 515 g/mol. The minimum absolute atomic E-state index is 0.0529. The van der Waals surface area contributed by atoms with Crippen molar-refractivity contribution in [3.8, 4) is 23.0 Å². The lowest BCUT2D eigenvalue weighted by Crippen LogP contribution is -2.50. The Morgan fingerprint density at radius 1 is 0.974 bits per heavy atom. The molecule has 3 aliphatic rings. The van der Waals surface area contributed by atoms with E-state index in [1.54, 1.807) is 0 Å². The minimum Gasteiger partial charge on any atom is -0.490 e. The summed E-state index contributed by atoms with van der Waals surface area (Å²) >= 11 is 0. The molecule has 0 fully saturated rings. The lowest BCUT2D eigenvalue weighted by Gasteiger charge is -2.45. The quantitative estimate of drug-likeness (QED) is 0.504. The van der Waals surface area contributed by atoms with Gasteiger partial charge in [0.15, 0.2) is 23.0 Å². The molecule has 1 N–H and O–H groups in total. The van der Waals surface area contributed by atoms with Gasteiger partial charge in [0.2, 0.25) is 12.7 Å². The molecule has 3 aromatic rings. The van der Waals surface area contributed by atoms with Crippen molar-refractivity contribution in [1.82, 2.24) is 10.2 Å². The van der Waals surface area contributed by atoms with Crippen molar-refractivity contribution in [2.75, 3.05) is 26.6 Å². The Morgan fingerprint density at radius 2 is 1.74 bits per heavy atom. The van der Waals surface area contributed by atoms with Gasteiger partial charge in [-0.15, -0.1) is 0 Å². The second-order valence-electron chi connectivity index (χ2n) is 9.53. The third kappa shape index (κ3) is 4.10. The van der Waals surface area contributed by atoms with Crippen molar-refractivity contribution in [3.63, 3.8) is 0 Å². The first-order valence-corrected chi connectivity index (χ1v) is 13.1. The summed E-state index contributed by atoms with van der Waals surface area (Å²) < 4.78 is 22.7. The third-order valence-electron chi connectivity index (χ3n) is 7.37. The zero-order valence-electron chi connectivity index (χ0n) is 21.5. The van der Waals surface area contributed by atoms with Crippen LogP contribution in [0.4, 0.5) is 0 Å². The lowest BCUT2D eigenvalue weighted by molar-refractivity contribution is -0.124. The van der Waals surface area contributed by atoms with Crippen LogP contribution in [0.3, 0.4) is 0 Å². The fourth-order valence-electron chi connectivity index (χ4n) is 5.70. The Labute approximate surface area is 221 Å². The van der Waals surface area contributed by atoms with E-state index in [9.17, 15) is 9.59 Å². The van der Waals surface area contributed by atoms with Gasteiger partial charge in [0.05, 0.1) is 25.2 Å². The van der Waals surface area contributed by atoms with E-state index >= 15 is 0 Å². The first-order chi connectivity index (χ1) is 18.6. The van der Waals surface area contributed by atoms with Crippen LogP contribution < -0.4 is 24.3 Å². The molecule has 0 spiro atoms. The van der Waals surface area contributed by atoms with Crippen LogP contribution in [0.2, 0.25) is 0 Å². The lowest BCUT2D eigenvalue weighted by atomic mass is 9.75. The minimum atomic E-state index is -0.579. The molecule has 3 aliphatic heterocycles. The summed E-state index contributed by atoms with van der Waals surface area (Å²) in [6.45, 7) is 5.91. The molecule has 38 heavy (non-hydrogen) atoms. The molecule has 0 radical (unpaired) electrons. The highest BCUT2D eigenvalue weighted by Crippen LogP contribution is 2.48. The SMILES string of the molecule is CCOc1cc2c(cc1OCC)[C@H]1[C@H](C(=O)NCc3ccc4c(c3)OCO4)c3ccccc3C(=O)N1CC2. The van der Waals surface area contributed by atoms with Crippen LogP contribution in [0.5, 0.6) is 23.0 Å². The summed E-state index contributed by atoms with van der Waals surface area (Å²) in [5, 5.41) is 3.12. The van der Waals surface area contributed by atoms with Gasteiger partial charge in [0.25, 0.3) is 5.91 Å². The highest BCUT2D eigenvalue weighted by Gasteiger charge is 2.46. The van der Waals surface area contributed by atoms with E-state index < -0.39 is 12.0 Å². The molecule has 0 aliphatic carbocycles. The molecule has 0 aromatic heterocycles. The Bertz CT molecular complexity index is 1400. The van der Waals surface area contributed by atoms with E-state index in [0.717, 1.165) is 22.3 Å². The fourth-order valence-corrected chi connectivity index (χ4v) is 5.70. The number of hydrogen-bond donors (Lipinski definition) is 1. The van der Waals surface area contributed by atoms with E-state index in [1.165, 1.54) is 0 Å². The van der Waals surface area contributed by atoms with Crippen molar-refractivity contribution in [3.05, 3.63) is 82.4 Å². The summed E-state index contributed by atoms with van der Waals surface area (Å²) in [6.07, 6.45) is 0.678. The number of rotatable bonds is 7. The zero-order valence-corrected chi connectivity index (χ0v) is 21.5. The molecule has 6 rings (SSSR count). The van der Waals surface area contributed by atoms with Crippen LogP contribution in [-0.4, -0.2) is 43.3 Å². The van der Waals surface area contributed by atoms with Crippen molar-refractivity contribution in [1.29, 1.82) is 0 Å². The highest BCUT2D eigenvalue weighted by atomic mass is 16.7. The Kier molecular flexibility index (Phi) is 6.31. The number of benzene rings is 3. The fraction of sp³-hybridized carbons (Fsp3) is 0.333. The van der Waals surface area contributed by atoms with Gasteiger partial charge in [-0.2, -0.15) is 0 Å². The first-order valence-electron chi connectivity index (χ1n) is 13.1. The van der Waals surface area contributed by atoms with E-state index in [1.807, 2.05) is 73.3 Å². The molecule has 0 saturated heterocycles. The average Bonchev–Trinajstić information content (AvgIpc) is 3.41. The predicted octanol–water partition coefficient (Wildman–Crippen LogP) is 4.37. The number of carbonyl (C=O) groups is 2. The highest BCUT2D eigenvalue weighted by molar-refractivity contribution is 6.01. The van der Waals surface area contributed by atoms with Gasteiger partial charge in [-0.25, -0.2) is 0 Å². The molecule has 2 atom stereocenters. The molecule has 0 saturated carbocycles. The van der Waals surface area contributed by atoms with Gasteiger partial charge in [0, 0.05) is 18.7 Å². The molecule has 2 amide bonds. The number of amides is 2. The summed E-state index contributed by atoms with van der Waals surface area (Å²) in [6, 6.07) is 16.6. The number of carbonyl (C=O) groups excluding carboxylic acids is 2. The maximum absolute atomic E-state index is 14.0. The Hall–Kier alpha value is -4.20. The van der Waals surface area contributed by atoms with Crippen molar-refractivity contribution in [2.24, 2.45) is 0 Å². The molecule has 196 valence electrons. The second-order valence-corrected chi connectivity index (χ2v) is 9.53. The number of ether oxygens (including phenoxy) is 4. The number of nitrogens with zero attached hydrogens (tertiary/aromatic N) is 1. The Balaban J connectivity index is 1.38. The van der Waals surface area contributed by atoms with Crippen molar-refractivity contribution in [2.45, 2.75) is 38.8 Å². The number of fused-ring (bicyclic) bond motifs is 5. The van der Waals surface area contributed by atoms with Crippen LogP contribution in [0, 0.1) is 0 Å².